The number of hydrogen-bond donors (Lipinski definition) is 1. The SMILES string of the molecule is CCOc1cccnc1N1CC[C@H](O)C1. The van der Waals surface area contributed by atoms with Crippen LogP contribution in [0.1, 0.15) is 13.3 Å². The van der Waals surface area contributed by atoms with E-state index in [-0.39, 0.29) is 6.10 Å². The maximum atomic E-state index is 9.47. The molecule has 1 fully saturated rings. The molecule has 1 aliphatic rings. The summed E-state index contributed by atoms with van der Waals surface area (Å²) in [6.45, 7) is 4.08. The van der Waals surface area contributed by atoms with E-state index in [1.165, 1.54) is 0 Å². The molecule has 82 valence electrons. The predicted molar refractivity (Wildman–Crippen MR) is 58.2 cm³/mol. The molecular weight excluding hydrogens is 192 g/mol. The van der Waals surface area contributed by atoms with Gasteiger partial charge in [0, 0.05) is 19.3 Å². The van der Waals surface area contributed by atoms with Crippen LogP contribution in [0.5, 0.6) is 5.75 Å². The largest absolute Gasteiger partial charge is 0.490 e. The minimum atomic E-state index is -0.235. The Morgan fingerprint density at radius 1 is 1.67 bits per heavy atom. The molecule has 0 unspecified atom stereocenters. The lowest BCUT2D eigenvalue weighted by Gasteiger charge is -2.19. The molecular formula is C11H16N2O2. The van der Waals surface area contributed by atoms with Crippen molar-refractivity contribution in [1.82, 2.24) is 4.98 Å². The van der Waals surface area contributed by atoms with Crippen LogP contribution in [0.25, 0.3) is 0 Å². The van der Waals surface area contributed by atoms with E-state index in [1.54, 1.807) is 6.20 Å². The van der Waals surface area contributed by atoms with Crippen LogP contribution in [0.2, 0.25) is 0 Å². The average Bonchev–Trinajstić information content (AvgIpc) is 2.66. The summed E-state index contributed by atoms with van der Waals surface area (Å²) in [6.07, 6.45) is 2.33. The minimum absolute atomic E-state index is 0.235. The third-order valence-corrected chi connectivity index (χ3v) is 2.51. The lowest BCUT2D eigenvalue weighted by molar-refractivity contribution is 0.198. The Balaban J connectivity index is 2.19. The van der Waals surface area contributed by atoms with Gasteiger partial charge in [-0.2, -0.15) is 0 Å². The van der Waals surface area contributed by atoms with E-state index in [0.717, 1.165) is 24.5 Å². The minimum Gasteiger partial charge on any atom is -0.490 e. The highest BCUT2D eigenvalue weighted by molar-refractivity contribution is 5.52. The number of aromatic nitrogens is 1. The summed E-state index contributed by atoms with van der Waals surface area (Å²) in [5.41, 5.74) is 0. The molecule has 4 nitrogen and oxygen atoms in total. The number of β-amino-alcohol motifs (C(OH)–C–C–N with tert-alkyl or cyclic N) is 1. The quantitative estimate of drug-likeness (QED) is 0.806. The van der Waals surface area contributed by atoms with Crippen molar-refractivity contribution in [3.63, 3.8) is 0 Å². The van der Waals surface area contributed by atoms with Crippen molar-refractivity contribution in [3.05, 3.63) is 18.3 Å². The molecule has 4 heteroatoms. The monoisotopic (exact) mass is 208 g/mol. The second-order valence-electron chi connectivity index (χ2n) is 3.65. The van der Waals surface area contributed by atoms with Crippen molar-refractivity contribution in [1.29, 1.82) is 0 Å². The van der Waals surface area contributed by atoms with Crippen LogP contribution in [0.15, 0.2) is 18.3 Å². The summed E-state index contributed by atoms with van der Waals surface area (Å²) in [4.78, 5) is 6.37. The first-order valence-electron chi connectivity index (χ1n) is 5.32. The van der Waals surface area contributed by atoms with Crippen LogP contribution in [0.3, 0.4) is 0 Å². The fraction of sp³-hybridized carbons (Fsp3) is 0.545. The second-order valence-corrected chi connectivity index (χ2v) is 3.65. The van der Waals surface area contributed by atoms with E-state index in [9.17, 15) is 5.11 Å². The van der Waals surface area contributed by atoms with Gasteiger partial charge in [0.25, 0.3) is 0 Å². The maximum Gasteiger partial charge on any atom is 0.171 e. The van der Waals surface area contributed by atoms with Crippen molar-refractivity contribution < 1.29 is 9.84 Å². The van der Waals surface area contributed by atoms with Gasteiger partial charge in [-0.05, 0) is 25.5 Å². The molecule has 0 radical (unpaired) electrons. The number of hydrogen-bond acceptors (Lipinski definition) is 4. The van der Waals surface area contributed by atoms with Crippen LogP contribution in [0, 0.1) is 0 Å². The molecule has 1 saturated heterocycles. The first-order chi connectivity index (χ1) is 7.31. The average molecular weight is 208 g/mol. The number of aliphatic hydroxyl groups excluding tert-OH is 1. The van der Waals surface area contributed by atoms with Gasteiger partial charge in [0.2, 0.25) is 0 Å². The number of aliphatic hydroxyl groups is 1. The molecule has 1 aliphatic heterocycles. The Hall–Kier alpha value is -1.29. The van der Waals surface area contributed by atoms with E-state index < -0.39 is 0 Å². The lowest BCUT2D eigenvalue weighted by Crippen LogP contribution is -2.22. The number of pyridine rings is 1. The summed E-state index contributed by atoms with van der Waals surface area (Å²) in [5, 5.41) is 9.47. The van der Waals surface area contributed by atoms with Crippen molar-refractivity contribution >= 4 is 5.82 Å². The Kier molecular flexibility index (Phi) is 3.06. The third kappa shape index (κ3) is 2.21. The topological polar surface area (TPSA) is 45.6 Å². The Bertz CT molecular complexity index is 330. The van der Waals surface area contributed by atoms with Crippen molar-refractivity contribution in [3.8, 4) is 5.75 Å². The van der Waals surface area contributed by atoms with E-state index in [2.05, 4.69) is 9.88 Å². The molecule has 15 heavy (non-hydrogen) atoms. The Labute approximate surface area is 89.5 Å². The number of anilines is 1. The van der Waals surface area contributed by atoms with E-state index in [1.807, 2.05) is 19.1 Å². The number of rotatable bonds is 3. The summed E-state index contributed by atoms with van der Waals surface area (Å²) < 4.78 is 5.50. The molecule has 2 rings (SSSR count). The van der Waals surface area contributed by atoms with Crippen LogP contribution in [-0.2, 0) is 0 Å². The van der Waals surface area contributed by atoms with Gasteiger partial charge in [-0.3, -0.25) is 0 Å². The molecule has 0 bridgehead atoms. The molecule has 1 aromatic heterocycles. The van der Waals surface area contributed by atoms with E-state index in [4.69, 9.17) is 4.74 Å². The predicted octanol–water partition coefficient (Wildman–Crippen LogP) is 1.05. The molecule has 1 atom stereocenters. The zero-order valence-electron chi connectivity index (χ0n) is 8.89. The van der Waals surface area contributed by atoms with Crippen molar-refractivity contribution in [2.45, 2.75) is 19.4 Å². The second kappa shape index (κ2) is 4.49. The molecule has 0 saturated carbocycles. The zero-order chi connectivity index (χ0) is 10.7. The smallest absolute Gasteiger partial charge is 0.171 e. The standard InChI is InChI=1S/C11H16N2O2/c1-2-15-10-4-3-6-12-11(10)13-7-5-9(14)8-13/h3-4,6,9,14H,2,5,7-8H2,1H3/t9-/m0/s1. The molecule has 0 amide bonds. The van der Waals surface area contributed by atoms with Gasteiger partial charge in [-0.1, -0.05) is 0 Å². The van der Waals surface area contributed by atoms with Gasteiger partial charge >= 0.3 is 0 Å². The summed E-state index contributed by atoms with van der Waals surface area (Å²) >= 11 is 0. The van der Waals surface area contributed by atoms with E-state index >= 15 is 0 Å². The van der Waals surface area contributed by atoms with Gasteiger partial charge in [-0.15, -0.1) is 0 Å². The van der Waals surface area contributed by atoms with Crippen molar-refractivity contribution in [2.24, 2.45) is 0 Å². The van der Waals surface area contributed by atoms with Crippen molar-refractivity contribution in [2.75, 3.05) is 24.6 Å². The summed E-state index contributed by atoms with van der Waals surface area (Å²) in [5.74, 6) is 1.64. The molecule has 0 aromatic carbocycles. The van der Waals surface area contributed by atoms with Crippen LogP contribution in [-0.4, -0.2) is 35.9 Å². The number of nitrogens with zero attached hydrogens (tertiary/aromatic N) is 2. The maximum absolute atomic E-state index is 9.47. The normalized spacial score (nSPS) is 20.7. The zero-order valence-corrected chi connectivity index (χ0v) is 8.89. The summed E-state index contributed by atoms with van der Waals surface area (Å²) in [7, 11) is 0. The summed E-state index contributed by atoms with van der Waals surface area (Å²) in [6, 6.07) is 3.78. The highest BCUT2D eigenvalue weighted by Gasteiger charge is 2.23. The first-order valence-corrected chi connectivity index (χ1v) is 5.32. The van der Waals surface area contributed by atoms with Crippen LogP contribution in [0.4, 0.5) is 5.82 Å². The van der Waals surface area contributed by atoms with Crippen LogP contribution < -0.4 is 9.64 Å². The van der Waals surface area contributed by atoms with Crippen LogP contribution >= 0.6 is 0 Å². The molecule has 0 aliphatic carbocycles. The highest BCUT2D eigenvalue weighted by atomic mass is 16.5. The number of ether oxygens (including phenoxy) is 1. The van der Waals surface area contributed by atoms with Gasteiger partial charge < -0.3 is 14.7 Å². The fourth-order valence-corrected chi connectivity index (χ4v) is 1.82. The fourth-order valence-electron chi connectivity index (χ4n) is 1.82. The Morgan fingerprint density at radius 2 is 2.53 bits per heavy atom. The van der Waals surface area contributed by atoms with Gasteiger partial charge in [-0.25, -0.2) is 4.98 Å². The van der Waals surface area contributed by atoms with Gasteiger partial charge in [0.05, 0.1) is 12.7 Å². The molecule has 0 spiro atoms. The third-order valence-electron chi connectivity index (χ3n) is 2.51. The van der Waals surface area contributed by atoms with Gasteiger partial charge in [0.15, 0.2) is 11.6 Å². The highest BCUT2D eigenvalue weighted by Crippen LogP contribution is 2.27. The van der Waals surface area contributed by atoms with E-state index in [0.29, 0.717) is 13.2 Å². The first kappa shape index (κ1) is 10.2. The molecule has 2 heterocycles. The lowest BCUT2D eigenvalue weighted by atomic mass is 10.3. The molecule has 1 aromatic rings. The van der Waals surface area contributed by atoms with Gasteiger partial charge in [0.1, 0.15) is 0 Å². The molecule has 1 N–H and O–H groups in total. The Morgan fingerprint density at radius 3 is 3.20 bits per heavy atom.